The number of fused-ring (bicyclic) bond motifs is 5. The minimum absolute atomic E-state index is 0.0426. The molecule has 5 rings (SSSR count). The largest absolute Gasteiger partial charge is 0.497 e. The van der Waals surface area contributed by atoms with Crippen molar-refractivity contribution >= 4 is 16.7 Å². The molecule has 1 aliphatic heterocycles. The highest BCUT2D eigenvalue weighted by Crippen LogP contribution is 2.43. The number of benzene rings is 3. The zero-order chi connectivity index (χ0) is 22.2. The molecule has 1 aromatic heterocycles. The summed E-state index contributed by atoms with van der Waals surface area (Å²) in [4.78, 5) is 13.8. The van der Waals surface area contributed by atoms with E-state index in [2.05, 4.69) is 4.57 Å². The lowest BCUT2D eigenvalue weighted by atomic mass is 9.96. The van der Waals surface area contributed by atoms with Gasteiger partial charge in [0.25, 0.3) is 0 Å². The van der Waals surface area contributed by atoms with Crippen LogP contribution in [0.15, 0.2) is 60.7 Å². The van der Waals surface area contributed by atoms with Crippen LogP contribution in [0.3, 0.4) is 0 Å². The lowest BCUT2D eigenvalue weighted by molar-refractivity contribution is 0.0511. The normalized spacial score (nSPS) is 11.8. The molecule has 0 radical (unpaired) electrons. The first-order valence-corrected chi connectivity index (χ1v) is 10.3. The van der Waals surface area contributed by atoms with E-state index in [-0.39, 0.29) is 12.6 Å². The van der Waals surface area contributed by atoms with Crippen LogP contribution in [-0.4, -0.2) is 38.5 Å². The van der Waals surface area contributed by atoms with Crippen molar-refractivity contribution < 1.29 is 23.7 Å². The number of ketones is 1. The van der Waals surface area contributed by atoms with Gasteiger partial charge in [-0.3, -0.25) is 4.79 Å². The molecule has 2 heterocycles. The van der Waals surface area contributed by atoms with Crippen LogP contribution in [0.2, 0.25) is 0 Å². The Bertz CT molecular complexity index is 1320. The number of aromatic nitrogens is 1. The third-order valence-electron chi connectivity index (χ3n) is 5.85. The topological polar surface area (TPSA) is 58.9 Å². The van der Waals surface area contributed by atoms with Crippen LogP contribution in [0.25, 0.3) is 22.2 Å². The third kappa shape index (κ3) is 3.20. The molecular formula is C26H23NO5. The SMILES string of the molecule is COCOc1ccc(C(=O)c2c3n(c4ccc(OC)cc24)Cc2cc(OC)ccc2-3)cc1. The molecule has 3 aromatic carbocycles. The molecule has 6 heteroatoms. The zero-order valence-corrected chi connectivity index (χ0v) is 18.2. The molecule has 0 amide bonds. The average Bonchev–Trinajstić information content (AvgIpc) is 3.35. The number of methoxy groups -OCH3 is 3. The first-order chi connectivity index (χ1) is 15.6. The van der Waals surface area contributed by atoms with E-state index >= 15 is 0 Å². The summed E-state index contributed by atoms with van der Waals surface area (Å²) in [5.74, 6) is 2.13. The number of carbonyl (C=O) groups excluding carboxylic acids is 1. The maximum Gasteiger partial charge on any atom is 0.195 e. The number of nitrogens with zero attached hydrogens (tertiary/aromatic N) is 1. The van der Waals surface area contributed by atoms with Gasteiger partial charge in [-0.05, 0) is 66.2 Å². The Morgan fingerprint density at radius 2 is 1.56 bits per heavy atom. The van der Waals surface area contributed by atoms with Crippen molar-refractivity contribution in [1.29, 1.82) is 0 Å². The van der Waals surface area contributed by atoms with E-state index in [9.17, 15) is 4.79 Å². The predicted molar refractivity (Wildman–Crippen MR) is 122 cm³/mol. The van der Waals surface area contributed by atoms with Gasteiger partial charge in [0.15, 0.2) is 12.6 Å². The molecule has 0 atom stereocenters. The number of ether oxygens (including phenoxy) is 4. The maximum absolute atomic E-state index is 13.8. The van der Waals surface area contributed by atoms with Gasteiger partial charge in [-0.2, -0.15) is 0 Å². The molecular weight excluding hydrogens is 406 g/mol. The Morgan fingerprint density at radius 3 is 2.28 bits per heavy atom. The molecule has 0 aliphatic carbocycles. The second-order valence-electron chi connectivity index (χ2n) is 7.62. The van der Waals surface area contributed by atoms with Crippen molar-refractivity contribution in [3.8, 4) is 28.5 Å². The lowest BCUT2D eigenvalue weighted by Crippen LogP contribution is -2.04. The quantitative estimate of drug-likeness (QED) is 0.272. The van der Waals surface area contributed by atoms with E-state index in [0.29, 0.717) is 29.2 Å². The van der Waals surface area contributed by atoms with Gasteiger partial charge in [-0.15, -0.1) is 0 Å². The van der Waals surface area contributed by atoms with Gasteiger partial charge in [0.05, 0.1) is 25.5 Å². The number of carbonyl (C=O) groups is 1. The molecule has 32 heavy (non-hydrogen) atoms. The Balaban J connectivity index is 1.67. The molecule has 0 saturated heterocycles. The van der Waals surface area contributed by atoms with Gasteiger partial charge in [-0.1, -0.05) is 0 Å². The zero-order valence-electron chi connectivity index (χ0n) is 18.2. The third-order valence-corrected chi connectivity index (χ3v) is 5.85. The maximum atomic E-state index is 13.8. The van der Waals surface area contributed by atoms with E-state index in [4.69, 9.17) is 18.9 Å². The molecule has 4 aromatic rings. The number of hydrogen-bond acceptors (Lipinski definition) is 5. The van der Waals surface area contributed by atoms with E-state index in [0.717, 1.165) is 33.5 Å². The second-order valence-corrected chi connectivity index (χ2v) is 7.62. The molecule has 1 aliphatic rings. The Morgan fingerprint density at radius 1 is 0.875 bits per heavy atom. The van der Waals surface area contributed by atoms with E-state index < -0.39 is 0 Å². The van der Waals surface area contributed by atoms with E-state index in [1.54, 1.807) is 45.6 Å². The molecule has 0 bridgehead atoms. The van der Waals surface area contributed by atoms with Crippen LogP contribution in [0.4, 0.5) is 0 Å². The van der Waals surface area contributed by atoms with Gasteiger partial charge in [-0.25, -0.2) is 0 Å². The minimum Gasteiger partial charge on any atom is -0.497 e. The summed E-state index contributed by atoms with van der Waals surface area (Å²) in [6.45, 7) is 0.840. The highest BCUT2D eigenvalue weighted by atomic mass is 16.7. The van der Waals surface area contributed by atoms with Gasteiger partial charge in [0.1, 0.15) is 17.2 Å². The monoisotopic (exact) mass is 429 g/mol. The molecule has 6 nitrogen and oxygen atoms in total. The average molecular weight is 429 g/mol. The van der Waals surface area contributed by atoms with Crippen molar-refractivity contribution in [2.75, 3.05) is 28.1 Å². The van der Waals surface area contributed by atoms with Gasteiger partial charge < -0.3 is 23.5 Å². The molecule has 0 unspecified atom stereocenters. The fourth-order valence-corrected chi connectivity index (χ4v) is 4.34. The van der Waals surface area contributed by atoms with Crippen molar-refractivity contribution in [2.24, 2.45) is 0 Å². The Hall–Kier alpha value is -3.77. The predicted octanol–water partition coefficient (Wildman–Crippen LogP) is 4.90. The first-order valence-electron chi connectivity index (χ1n) is 10.3. The summed E-state index contributed by atoms with van der Waals surface area (Å²) in [7, 11) is 4.86. The molecule has 0 fully saturated rings. The smallest absolute Gasteiger partial charge is 0.195 e. The van der Waals surface area contributed by atoms with Crippen molar-refractivity contribution in [3.05, 3.63) is 77.4 Å². The van der Waals surface area contributed by atoms with Gasteiger partial charge >= 0.3 is 0 Å². The van der Waals surface area contributed by atoms with E-state index in [1.165, 1.54) is 0 Å². The lowest BCUT2D eigenvalue weighted by Gasteiger charge is -2.08. The summed E-state index contributed by atoms with van der Waals surface area (Å²) in [6.07, 6.45) is 0. The van der Waals surface area contributed by atoms with Gasteiger partial charge in [0.2, 0.25) is 0 Å². The number of rotatable bonds is 7. The van der Waals surface area contributed by atoms with Crippen LogP contribution in [0.1, 0.15) is 21.5 Å². The molecule has 0 saturated carbocycles. The van der Waals surface area contributed by atoms with Crippen LogP contribution in [-0.2, 0) is 11.3 Å². The highest BCUT2D eigenvalue weighted by molar-refractivity contribution is 6.21. The van der Waals surface area contributed by atoms with Crippen molar-refractivity contribution in [2.45, 2.75) is 6.54 Å². The fourth-order valence-electron chi connectivity index (χ4n) is 4.34. The standard InChI is InChI=1S/C26H23NO5/c1-29-15-32-18-6-4-16(5-7-18)26(28)24-22-13-20(31-3)9-11-23(22)27-14-17-12-19(30-2)8-10-21(17)25(24)27/h4-13H,14-15H2,1-3H3. The van der Waals surface area contributed by atoms with Crippen molar-refractivity contribution in [1.82, 2.24) is 4.57 Å². The Kier molecular flexibility index (Phi) is 5.07. The summed E-state index contributed by atoms with van der Waals surface area (Å²) < 4.78 is 23.5. The second kappa shape index (κ2) is 8.05. The van der Waals surface area contributed by atoms with Crippen LogP contribution < -0.4 is 14.2 Å². The first kappa shape index (κ1) is 20.2. The molecule has 0 spiro atoms. The van der Waals surface area contributed by atoms with Crippen molar-refractivity contribution in [3.63, 3.8) is 0 Å². The Labute approximate surface area is 185 Å². The minimum atomic E-state index is -0.0426. The number of hydrogen-bond donors (Lipinski definition) is 0. The van der Waals surface area contributed by atoms with Gasteiger partial charge in [0, 0.05) is 35.7 Å². The van der Waals surface area contributed by atoms with Crippen LogP contribution in [0, 0.1) is 0 Å². The van der Waals surface area contributed by atoms with Crippen LogP contribution in [0.5, 0.6) is 17.2 Å². The summed E-state index contributed by atoms with van der Waals surface area (Å²) in [5.41, 5.74) is 5.37. The summed E-state index contributed by atoms with van der Waals surface area (Å²) in [6, 6.07) is 19.0. The molecule has 0 N–H and O–H groups in total. The van der Waals surface area contributed by atoms with Crippen LogP contribution >= 0.6 is 0 Å². The summed E-state index contributed by atoms with van der Waals surface area (Å²) >= 11 is 0. The van der Waals surface area contributed by atoms with E-state index in [1.807, 2.05) is 36.4 Å². The molecule has 162 valence electrons. The summed E-state index contributed by atoms with van der Waals surface area (Å²) in [5, 5.41) is 0.880. The highest BCUT2D eigenvalue weighted by Gasteiger charge is 2.30. The fraction of sp³-hybridized carbons (Fsp3) is 0.192.